The molecule has 1 aliphatic heterocycles. The van der Waals surface area contributed by atoms with E-state index in [0.29, 0.717) is 5.54 Å². The van der Waals surface area contributed by atoms with Gasteiger partial charge >= 0.3 is 0 Å². The largest absolute Gasteiger partial charge is 0.298 e. The lowest BCUT2D eigenvalue weighted by atomic mass is 9.95. The van der Waals surface area contributed by atoms with Crippen LogP contribution >= 0.6 is 12.6 Å². The molecule has 0 radical (unpaired) electrons. The van der Waals surface area contributed by atoms with Crippen LogP contribution in [0.2, 0.25) is 0 Å². The van der Waals surface area contributed by atoms with Gasteiger partial charge in [0.15, 0.2) is 0 Å². The summed E-state index contributed by atoms with van der Waals surface area (Å²) in [6.45, 7) is 11.9. The number of rotatable bonds is 4. The van der Waals surface area contributed by atoms with Gasteiger partial charge in [0.05, 0.1) is 0 Å². The molecule has 0 saturated carbocycles. The van der Waals surface area contributed by atoms with Crippen LogP contribution in [0.4, 0.5) is 0 Å². The van der Waals surface area contributed by atoms with E-state index in [1.54, 1.807) is 0 Å². The molecule has 0 amide bonds. The first-order chi connectivity index (χ1) is 6.47. The number of hydrogen-bond donors (Lipinski definition) is 1. The second-order valence-electron chi connectivity index (χ2n) is 5.55. The fourth-order valence-corrected chi connectivity index (χ4v) is 2.80. The predicted molar refractivity (Wildman–Crippen MR) is 67.1 cm³/mol. The van der Waals surface area contributed by atoms with Crippen molar-refractivity contribution < 1.29 is 0 Å². The summed E-state index contributed by atoms with van der Waals surface area (Å²) in [7, 11) is 0. The van der Waals surface area contributed by atoms with Crippen molar-refractivity contribution in [3.63, 3.8) is 0 Å². The Bertz CT molecular complexity index is 177. The van der Waals surface area contributed by atoms with Crippen molar-refractivity contribution in [2.24, 2.45) is 11.8 Å². The van der Waals surface area contributed by atoms with Crippen molar-refractivity contribution in [3.05, 3.63) is 0 Å². The van der Waals surface area contributed by atoms with E-state index in [0.717, 1.165) is 17.6 Å². The van der Waals surface area contributed by atoms with E-state index in [1.807, 2.05) is 0 Å². The molecule has 1 unspecified atom stereocenters. The highest BCUT2D eigenvalue weighted by Crippen LogP contribution is 2.30. The zero-order chi connectivity index (χ0) is 10.8. The Morgan fingerprint density at radius 2 is 2.00 bits per heavy atom. The first-order valence-electron chi connectivity index (χ1n) is 5.83. The smallest absolute Gasteiger partial charge is 0.0153 e. The second kappa shape index (κ2) is 4.89. The molecule has 0 bridgehead atoms. The fourth-order valence-electron chi connectivity index (χ4n) is 2.26. The number of nitrogens with zero attached hydrogens (tertiary/aromatic N) is 1. The van der Waals surface area contributed by atoms with Crippen LogP contribution in [0.15, 0.2) is 0 Å². The maximum Gasteiger partial charge on any atom is 0.0153 e. The summed E-state index contributed by atoms with van der Waals surface area (Å²) >= 11 is 4.46. The molecule has 0 N–H and O–H groups in total. The lowest BCUT2D eigenvalue weighted by Gasteiger charge is -2.35. The van der Waals surface area contributed by atoms with Crippen molar-refractivity contribution in [1.82, 2.24) is 4.90 Å². The van der Waals surface area contributed by atoms with Gasteiger partial charge in [-0.3, -0.25) is 4.90 Å². The molecule has 0 aromatic rings. The maximum absolute atomic E-state index is 4.46. The van der Waals surface area contributed by atoms with E-state index < -0.39 is 0 Å². The third-order valence-corrected chi connectivity index (χ3v) is 4.17. The van der Waals surface area contributed by atoms with Gasteiger partial charge in [-0.25, -0.2) is 0 Å². The highest BCUT2D eigenvalue weighted by atomic mass is 32.1. The van der Waals surface area contributed by atoms with E-state index >= 15 is 0 Å². The van der Waals surface area contributed by atoms with Crippen LogP contribution in [0.3, 0.4) is 0 Å². The lowest BCUT2D eigenvalue weighted by Crippen LogP contribution is -2.42. The summed E-state index contributed by atoms with van der Waals surface area (Å²) in [6, 6.07) is 0. The molecule has 1 rings (SSSR count). The summed E-state index contributed by atoms with van der Waals surface area (Å²) in [5.41, 5.74) is 0.427. The van der Waals surface area contributed by atoms with E-state index in [9.17, 15) is 0 Å². The molecule has 1 saturated heterocycles. The molecule has 14 heavy (non-hydrogen) atoms. The van der Waals surface area contributed by atoms with Crippen molar-refractivity contribution in [2.45, 2.75) is 46.1 Å². The molecule has 84 valence electrons. The second-order valence-corrected chi connectivity index (χ2v) is 5.91. The van der Waals surface area contributed by atoms with Gasteiger partial charge in [0.2, 0.25) is 0 Å². The quantitative estimate of drug-likeness (QED) is 0.705. The van der Waals surface area contributed by atoms with Gasteiger partial charge in [0.25, 0.3) is 0 Å². The van der Waals surface area contributed by atoms with Crippen LogP contribution in [0, 0.1) is 11.8 Å². The molecule has 1 fully saturated rings. The summed E-state index contributed by atoms with van der Waals surface area (Å²) in [4.78, 5) is 2.65. The minimum atomic E-state index is 0.427. The highest BCUT2D eigenvalue weighted by Gasteiger charge is 2.33. The van der Waals surface area contributed by atoms with Gasteiger partial charge in [0.1, 0.15) is 0 Å². The summed E-state index contributed by atoms with van der Waals surface area (Å²) in [6.07, 6.45) is 2.72. The zero-order valence-corrected chi connectivity index (χ0v) is 11.0. The van der Waals surface area contributed by atoms with Crippen LogP contribution < -0.4 is 0 Å². The van der Waals surface area contributed by atoms with Crippen LogP contribution in [0.5, 0.6) is 0 Å². The maximum atomic E-state index is 4.46. The van der Waals surface area contributed by atoms with Crippen LogP contribution in [-0.2, 0) is 0 Å². The Balaban J connectivity index is 2.50. The average molecular weight is 215 g/mol. The van der Waals surface area contributed by atoms with Crippen molar-refractivity contribution in [2.75, 3.05) is 18.8 Å². The van der Waals surface area contributed by atoms with Gasteiger partial charge in [-0.05, 0) is 50.8 Å². The molecule has 0 spiro atoms. The number of hydrogen-bond acceptors (Lipinski definition) is 2. The molecule has 1 atom stereocenters. The molecule has 1 nitrogen and oxygen atoms in total. The summed E-state index contributed by atoms with van der Waals surface area (Å²) in [5.74, 6) is 2.52. The molecule has 0 aliphatic carbocycles. The Morgan fingerprint density at radius 1 is 1.36 bits per heavy atom. The van der Waals surface area contributed by atoms with E-state index in [-0.39, 0.29) is 0 Å². The SMILES string of the molecule is CC(C)C(CS)CN1CCCC1(C)C. The highest BCUT2D eigenvalue weighted by molar-refractivity contribution is 7.80. The zero-order valence-electron chi connectivity index (χ0n) is 10.1. The third kappa shape index (κ3) is 2.90. The average Bonchev–Trinajstić information content (AvgIpc) is 2.40. The van der Waals surface area contributed by atoms with Crippen molar-refractivity contribution >= 4 is 12.6 Å². The van der Waals surface area contributed by atoms with E-state index in [1.165, 1.54) is 25.9 Å². The Morgan fingerprint density at radius 3 is 2.36 bits per heavy atom. The molecular weight excluding hydrogens is 190 g/mol. The number of likely N-dealkylation sites (tertiary alicyclic amines) is 1. The Hall–Kier alpha value is 0.310. The number of thiol groups is 1. The van der Waals surface area contributed by atoms with Crippen LogP contribution in [0.1, 0.15) is 40.5 Å². The predicted octanol–water partition coefficient (Wildman–Crippen LogP) is 3.06. The van der Waals surface area contributed by atoms with Gasteiger partial charge in [-0.1, -0.05) is 13.8 Å². The minimum absolute atomic E-state index is 0.427. The molecule has 0 aromatic heterocycles. The van der Waals surface area contributed by atoms with Gasteiger partial charge in [-0.15, -0.1) is 0 Å². The Labute approximate surface area is 94.7 Å². The molecule has 1 heterocycles. The topological polar surface area (TPSA) is 3.24 Å². The molecular formula is C12H25NS. The standard InChI is InChI=1S/C12H25NS/c1-10(2)11(9-14)8-13-7-5-6-12(13,3)4/h10-11,14H,5-9H2,1-4H3. The monoisotopic (exact) mass is 215 g/mol. The van der Waals surface area contributed by atoms with Crippen LogP contribution in [-0.4, -0.2) is 29.3 Å². The van der Waals surface area contributed by atoms with E-state index in [2.05, 4.69) is 45.2 Å². The third-order valence-electron chi connectivity index (χ3n) is 3.70. The summed E-state index contributed by atoms with van der Waals surface area (Å²) < 4.78 is 0. The van der Waals surface area contributed by atoms with Gasteiger partial charge < -0.3 is 0 Å². The summed E-state index contributed by atoms with van der Waals surface area (Å²) in [5, 5.41) is 0. The molecule has 2 heteroatoms. The van der Waals surface area contributed by atoms with E-state index in [4.69, 9.17) is 0 Å². The van der Waals surface area contributed by atoms with Gasteiger partial charge in [0, 0.05) is 12.1 Å². The fraction of sp³-hybridized carbons (Fsp3) is 1.00. The first kappa shape index (κ1) is 12.4. The minimum Gasteiger partial charge on any atom is -0.298 e. The molecule has 1 aliphatic rings. The lowest BCUT2D eigenvalue weighted by molar-refractivity contribution is 0.139. The molecule has 0 aromatic carbocycles. The van der Waals surface area contributed by atoms with Crippen molar-refractivity contribution in [1.29, 1.82) is 0 Å². The van der Waals surface area contributed by atoms with Crippen molar-refractivity contribution in [3.8, 4) is 0 Å². The van der Waals surface area contributed by atoms with Gasteiger partial charge in [-0.2, -0.15) is 12.6 Å². The normalized spacial score (nSPS) is 24.4. The van der Waals surface area contributed by atoms with Crippen LogP contribution in [0.25, 0.3) is 0 Å². The Kier molecular flexibility index (Phi) is 4.32. The first-order valence-corrected chi connectivity index (χ1v) is 6.46.